The predicted molar refractivity (Wildman–Crippen MR) is 58.3 cm³/mol. The van der Waals surface area contributed by atoms with Crippen molar-refractivity contribution >= 4 is 9.24 Å². The van der Waals surface area contributed by atoms with Gasteiger partial charge in [-0.15, -0.1) is 9.24 Å². The number of aliphatic hydroxyl groups excluding tert-OH is 1. The van der Waals surface area contributed by atoms with E-state index in [2.05, 4.69) is 22.2 Å². The summed E-state index contributed by atoms with van der Waals surface area (Å²) in [5.41, 5.74) is 0. The summed E-state index contributed by atoms with van der Waals surface area (Å²) < 4.78 is 0. The van der Waals surface area contributed by atoms with Crippen molar-refractivity contribution in [2.24, 2.45) is 5.92 Å². The summed E-state index contributed by atoms with van der Waals surface area (Å²) >= 11 is 0. The van der Waals surface area contributed by atoms with Gasteiger partial charge in [0.15, 0.2) is 0 Å². The van der Waals surface area contributed by atoms with Gasteiger partial charge in [0.1, 0.15) is 5.76 Å². The van der Waals surface area contributed by atoms with E-state index in [1.165, 1.54) is 0 Å². The highest BCUT2D eigenvalue weighted by molar-refractivity contribution is 7.22. The summed E-state index contributed by atoms with van der Waals surface area (Å²) in [6.45, 7) is 6.16. The molecule has 1 N–H and O–H groups in total. The third kappa shape index (κ3) is 3.40. The van der Waals surface area contributed by atoms with E-state index in [0.29, 0.717) is 11.7 Å². The van der Waals surface area contributed by atoms with Crippen molar-refractivity contribution in [1.29, 1.82) is 0 Å². The molecule has 0 aromatic heterocycles. The predicted octanol–water partition coefficient (Wildman–Crippen LogP) is 3.64. The molecule has 1 rings (SSSR count). The van der Waals surface area contributed by atoms with Gasteiger partial charge in [-0.05, 0) is 30.1 Å². The Morgan fingerprint density at radius 3 is 2.58 bits per heavy atom. The quantitative estimate of drug-likeness (QED) is 0.620. The highest BCUT2D eigenvalue weighted by Gasteiger charge is 2.10. The van der Waals surface area contributed by atoms with Gasteiger partial charge in [0, 0.05) is 0 Å². The molecule has 0 saturated heterocycles. The van der Waals surface area contributed by atoms with Gasteiger partial charge in [-0.25, -0.2) is 0 Å². The Hall–Kier alpha value is -0.290. The van der Waals surface area contributed by atoms with E-state index in [-0.39, 0.29) is 0 Å². The number of rotatable bonds is 1. The van der Waals surface area contributed by atoms with Crippen LogP contribution in [0.1, 0.15) is 33.6 Å². The summed E-state index contributed by atoms with van der Waals surface area (Å²) in [7, 11) is 2.58. The van der Waals surface area contributed by atoms with Crippen molar-refractivity contribution in [1.82, 2.24) is 0 Å². The fourth-order valence-electron chi connectivity index (χ4n) is 1.07. The van der Waals surface area contributed by atoms with E-state index in [9.17, 15) is 0 Å². The lowest BCUT2D eigenvalue weighted by atomic mass is 9.97. The van der Waals surface area contributed by atoms with Crippen LogP contribution in [0.25, 0.3) is 0 Å². The zero-order chi connectivity index (χ0) is 9.56. The summed E-state index contributed by atoms with van der Waals surface area (Å²) in [4.78, 5) is 0. The fraction of sp³-hybridized carbons (Fsp3) is 0.600. The molecular weight excluding hydrogens is 167 g/mol. The molecule has 70 valence electrons. The van der Waals surface area contributed by atoms with Crippen LogP contribution in [0.2, 0.25) is 0 Å². The molecule has 0 amide bonds. The van der Waals surface area contributed by atoms with Crippen molar-refractivity contribution in [3.8, 4) is 0 Å². The Bertz CT molecular complexity index is 182. The second kappa shape index (κ2) is 6.25. The lowest BCUT2D eigenvalue weighted by Gasteiger charge is -2.15. The van der Waals surface area contributed by atoms with Crippen LogP contribution in [0.3, 0.4) is 0 Å². The molecule has 0 bridgehead atoms. The van der Waals surface area contributed by atoms with Gasteiger partial charge in [-0.3, -0.25) is 0 Å². The Kier molecular flexibility index (Phi) is 6.10. The average Bonchev–Trinajstić information content (AvgIpc) is 2.13. The van der Waals surface area contributed by atoms with E-state index in [1.807, 2.05) is 13.8 Å². The summed E-state index contributed by atoms with van der Waals surface area (Å²) in [5, 5.41) is 10.2. The highest BCUT2D eigenvalue weighted by Crippen LogP contribution is 2.28. The van der Waals surface area contributed by atoms with Crippen LogP contribution in [0.15, 0.2) is 23.2 Å². The third-order valence-corrected chi connectivity index (χ3v) is 2.39. The molecule has 0 radical (unpaired) electrons. The molecule has 0 spiro atoms. The first kappa shape index (κ1) is 11.7. The molecule has 2 unspecified atom stereocenters. The smallest absolute Gasteiger partial charge is 0.118 e. The Labute approximate surface area is 77.8 Å². The van der Waals surface area contributed by atoms with Crippen LogP contribution in [-0.4, -0.2) is 5.11 Å². The summed E-state index contributed by atoms with van der Waals surface area (Å²) in [6.07, 6.45) is 6.01. The van der Waals surface area contributed by atoms with Crippen molar-refractivity contribution in [2.45, 2.75) is 33.6 Å². The largest absolute Gasteiger partial charge is 0.508 e. The van der Waals surface area contributed by atoms with Crippen LogP contribution in [0, 0.1) is 5.92 Å². The summed E-state index contributed by atoms with van der Waals surface area (Å²) in [6, 6.07) is 0. The third-order valence-electron chi connectivity index (χ3n) is 1.86. The molecule has 2 atom stereocenters. The summed E-state index contributed by atoms with van der Waals surface area (Å²) in [5.74, 6) is 1.05. The van der Waals surface area contributed by atoms with Crippen molar-refractivity contribution in [2.75, 3.05) is 0 Å². The Morgan fingerprint density at radius 2 is 2.17 bits per heavy atom. The maximum Gasteiger partial charge on any atom is 0.118 e. The zero-order valence-corrected chi connectivity index (χ0v) is 9.33. The average molecular weight is 186 g/mol. The molecule has 0 heterocycles. The molecule has 1 nitrogen and oxygen atoms in total. The second-order valence-corrected chi connectivity index (χ2v) is 3.34. The lowest BCUT2D eigenvalue weighted by Crippen LogP contribution is -2.00. The zero-order valence-electron chi connectivity index (χ0n) is 8.17. The lowest BCUT2D eigenvalue weighted by molar-refractivity contribution is 0.417. The van der Waals surface area contributed by atoms with E-state index in [0.717, 1.165) is 18.2 Å². The molecule has 1 aliphatic carbocycles. The molecule has 0 aromatic carbocycles. The van der Waals surface area contributed by atoms with Gasteiger partial charge >= 0.3 is 0 Å². The molecule has 0 fully saturated rings. The second-order valence-electron chi connectivity index (χ2n) is 2.64. The van der Waals surface area contributed by atoms with Gasteiger partial charge in [-0.2, -0.15) is 0 Å². The van der Waals surface area contributed by atoms with Crippen LogP contribution in [0.4, 0.5) is 0 Å². The first-order valence-corrected chi connectivity index (χ1v) is 5.17. The van der Waals surface area contributed by atoms with Crippen molar-refractivity contribution in [3.63, 3.8) is 0 Å². The minimum absolute atomic E-state index is 0.426. The van der Waals surface area contributed by atoms with Crippen LogP contribution in [0.5, 0.6) is 0 Å². The minimum atomic E-state index is 0.426. The SMILES string of the molecule is CC.CCC1C=CC(O)=C(P)C1. The van der Waals surface area contributed by atoms with E-state index >= 15 is 0 Å². The van der Waals surface area contributed by atoms with Crippen LogP contribution < -0.4 is 0 Å². The first-order chi connectivity index (χ1) is 5.74. The molecule has 0 aliphatic heterocycles. The van der Waals surface area contributed by atoms with Gasteiger partial charge in [0.2, 0.25) is 0 Å². The molecular formula is C10H19OP. The Balaban J connectivity index is 0.000000561. The number of aliphatic hydroxyl groups is 1. The standard InChI is InChI=1S/C8H13OP.C2H6/c1-2-6-3-4-7(9)8(10)5-6;1-2/h3-4,6,9H,2,5,10H2,1H3;1-2H3. The highest BCUT2D eigenvalue weighted by atomic mass is 31.0. The maximum absolute atomic E-state index is 9.16. The van der Waals surface area contributed by atoms with E-state index < -0.39 is 0 Å². The van der Waals surface area contributed by atoms with E-state index in [1.54, 1.807) is 6.08 Å². The normalized spacial score (nSPS) is 21.8. The van der Waals surface area contributed by atoms with E-state index in [4.69, 9.17) is 5.11 Å². The van der Waals surface area contributed by atoms with Crippen molar-refractivity contribution in [3.05, 3.63) is 23.2 Å². The maximum atomic E-state index is 9.16. The topological polar surface area (TPSA) is 20.2 Å². The number of hydrogen-bond donors (Lipinski definition) is 1. The Morgan fingerprint density at radius 1 is 1.58 bits per heavy atom. The van der Waals surface area contributed by atoms with Crippen LogP contribution in [-0.2, 0) is 0 Å². The molecule has 0 saturated carbocycles. The first-order valence-electron chi connectivity index (χ1n) is 4.59. The van der Waals surface area contributed by atoms with Gasteiger partial charge in [0.05, 0.1) is 0 Å². The molecule has 12 heavy (non-hydrogen) atoms. The van der Waals surface area contributed by atoms with Gasteiger partial charge in [0.25, 0.3) is 0 Å². The van der Waals surface area contributed by atoms with Gasteiger partial charge in [-0.1, -0.05) is 26.8 Å². The molecule has 0 aromatic rings. The minimum Gasteiger partial charge on any atom is -0.508 e. The molecule has 2 heteroatoms. The molecule has 1 aliphatic rings. The van der Waals surface area contributed by atoms with Gasteiger partial charge < -0.3 is 5.11 Å². The monoisotopic (exact) mass is 186 g/mol. The van der Waals surface area contributed by atoms with Crippen LogP contribution >= 0.6 is 9.24 Å². The number of hydrogen-bond acceptors (Lipinski definition) is 1. The number of allylic oxidation sites excluding steroid dienone is 3. The fourth-order valence-corrected chi connectivity index (χ4v) is 1.47. The van der Waals surface area contributed by atoms with Crippen molar-refractivity contribution < 1.29 is 5.11 Å².